The lowest BCUT2D eigenvalue weighted by molar-refractivity contribution is 0.235. The second-order valence-corrected chi connectivity index (χ2v) is 8.59. The number of aliphatic imine (C=N–C) groups is 1. The third-order valence-electron chi connectivity index (χ3n) is 4.40. The predicted octanol–water partition coefficient (Wildman–Crippen LogP) is 1.73. The Hall–Kier alpha value is -1.56. The maximum absolute atomic E-state index is 11.2. The molecule has 0 saturated carbocycles. The standard InChI is InChI=1S/C17H27N3O2S/c1-14-13-20(17(18-2)19-10-12-23(3,21)22)11-9-16(14)15-7-5-4-6-8-15/h4-8,14,16H,9-13H2,1-3H3,(H,18,19). The summed E-state index contributed by atoms with van der Waals surface area (Å²) >= 11 is 0. The Labute approximate surface area is 139 Å². The number of sulfone groups is 1. The van der Waals surface area contributed by atoms with Crippen molar-refractivity contribution in [3.05, 3.63) is 35.9 Å². The first-order valence-electron chi connectivity index (χ1n) is 8.09. The molecule has 1 aromatic rings. The molecule has 0 bridgehead atoms. The average molecular weight is 337 g/mol. The van der Waals surface area contributed by atoms with Gasteiger partial charge in [-0.05, 0) is 23.8 Å². The van der Waals surface area contributed by atoms with Crippen molar-refractivity contribution in [1.29, 1.82) is 0 Å². The molecule has 23 heavy (non-hydrogen) atoms. The number of rotatable bonds is 4. The number of nitrogens with one attached hydrogen (secondary N) is 1. The summed E-state index contributed by atoms with van der Waals surface area (Å²) in [6, 6.07) is 10.7. The van der Waals surface area contributed by atoms with E-state index in [0.717, 1.165) is 25.5 Å². The highest BCUT2D eigenvalue weighted by molar-refractivity contribution is 7.90. The van der Waals surface area contributed by atoms with Gasteiger partial charge < -0.3 is 10.2 Å². The first kappa shape index (κ1) is 17.8. The Kier molecular flexibility index (Phi) is 6.04. The highest BCUT2D eigenvalue weighted by atomic mass is 32.2. The summed E-state index contributed by atoms with van der Waals surface area (Å²) in [6.07, 6.45) is 2.34. The highest BCUT2D eigenvalue weighted by Gasteiger charge is 2.28. The van der Waals surface area contributed by atoms with Gasteiger partial charge in [0.25, 0.3) is 0 Å². The maximum atomic E-state index is 11.2. The molecule has 0 spiro atoms. The van der Waals surface area contributed by atoms with Gasteiger partial charge in [0, 0.05) is 32.9 Å². The average Bonchev–Trinajstić information content (AvgIpc) is 2.51. The van der Waals surface area contributed by atoms with Gasteiger partial charge in [-0.1, -0.05) is 37.3 Å². The summed E-state index contributed by atoms with van der Waals surface area (Å²) in [5.41, 5.74) is 1.40. The quantitative estimate of drug-likeness (QED) is 0.671. The van der Waals surface area contributed by atoms with Crippen molar-refractivity contribution in [3.63, 3.8) is 0 Å². The van der Waals surface area contributed by atoms with Crippen LogP contribution in [0.5, 0.6) is 0 Å². The summed E-state index contributed by atoms with van der Waals surface area (Å²) in [5.74, 6) is 2.02. The van der Waals surface area contributed by atoms with E-state index in [1.807, 2.05) is 0 Å². The summed E-state index contributed by atoms with van der Waals surface area (Å²) in [7, 11) is -1.20. The van der Waals surface area contributed by atoms with Gasteiger partial charge in [0.05, 0.1) is 5.75 Å². The van der Waals surface area contributed by atoms with E-state index in [1.54, 1.807) is 7.05 Å². The number of nitrogens with zero attached hydrogens (tertiary/aromatic N) is 2. The Morgan fingerprint density at radius 1 is 1.35 bits per heavy atom. The lowest BCUT2D eigenvalue weighted by Gasteiger charge is -2.38. The Morgan fingerprint density at radius 3 is 2.61 bits per heavy atom. The van der Waals surface area contributed by atoms with E-state index < -0.39 is 9.84 Å². The third kappa shape index (κ3) is 5.23. The molecule has 1 N–H and O–H groups in total. The number of hydrogen-bond donors (Lipinski definition) is 1. The zero-order valence-electron chi connectivity index (χ0n) is 14.2. The Balaban J connectivity index is 1.93. The monoisotopic (exact) mass is 337 g/mol. The summed E-state index contributed by atoms with van der Waals surface area (Å²) in [4.78, 5) is 6.53. The smallest absolute Gasteiger partial charge is 0.193 e. The molecule has 2 atom stereocenters. The van der Waals surface area contributed by atoms with Crippen LogP contribution in [0.15, 0.2) is 35.3 Å². The molecule has 0 amide bonds. The molecule has 6 heteroatoms. The van der Waals surface area contributed by atoms with Gasteiger partial charge in [-0.3, -0.25) is 4.99 Å². The van der Waals surface area contributed by atoms with Crippen molar-refractivity contribution in [2.45, 2.75) is 19.3 Å². The fourth-order valence-electron chi connectivity index (χ4n) is 3.21. The fraction of sp³-hybridized carbons (Fsp3) is 0.588. The topological polar surface area (TPSA) is 61.8 Å². The molecule has 2 unspecified atom stereocenters. The van der Waals surface area contributed by atoms with Crippen molar-refractivity contribution in [2.24, 2.45) is 10.9 Å². The van der Waals surface area contributed by atoms with Crippen LogP contribution in [0.2, 0.25) is 0 Å². The zero-order valence-corrected chi connectivity index (χ0v) is 15.0. The minimum Gasteiger partial charge on any atom is -0.355 e. The van der Waals surface area contributed by atoms with E-state index in [9.17, 15) is 8.42 Å². The van der Waals surface area contributed by atoms with Gasteiger partial charge in [0.2, 0.25) is 0 Å². The molecule has 0 aliphatic carbocycles. The van der Waals surface area contributed by atoms with Gasteiger partial charge >= 0.3 is 0 Å². The largest absolute Gasteiger partial charge is 0.355 e. The van der Waals surface area contributed by atoms with E-state index in [-0.39, 0.29) is 5.75 Å². The molecule has 128 valence electrons. The predicted molar refractivity (Wildman–Crippen MR) is 95.6 cm³/mol. The first-order valence-corrected chi connectivity index (χ1v) is 10.1. The number of benzene rings is 1. The van der Waals surface area contributed by atoms with Crippen LogP contribution in [-0.4, -0.2) is 58.0 Å². The lowest BCUT2D eigenvalue weighted by Crippen LogP contribution is -2.48. The van der Waals surface area contributed by atoms with Gasteiger partial charge in [0.1, 0.15) is 9.84 Å². The molecule has 2 rings (SSSR count). The zero-order chi connectivity index (χ0) is 16.9. The van der Waals surface area contributed by atoms with Crippen LogP contribution in [-0.2, 0) is 9.84 Å². The minimum absolute atomic E-state index is 0.127. The molecule has 0 radical (unpaired) electrons. The third-order valence-corrected chi connectivity index (χ3v) is 5.35. The normalized spacial score (nSPS) is 22.9. The van der Waals surface area contributed by atoms with Gasteiger partial charge in [-0.2, -0.15) is 0 Å². The summed E-state index contributed by atoms with van der Waals surface area (Å²) in [5, 5.41) is 3.17. The Morgan fingerprint density at radius 2 is 2.04 bits per heavy atom. The van der Waals surface area contributed by atoms with Crippen molar-refractivity contribution in [2.75, 3.05) is 38.7 Å². The molecular weight excluding hydrogens is 310 g/mol. The second kappa shape index (κ2) is 7.81. The van der Waals surface area contributed by atoms with Crippen LogP contribution >= 0.6 is 0 Å². The van der Waals surface area contributed by atoms with Crippen LogP contribution in [0.25, 0.3) is 0 Å². The molecule has 1 aliphatic heterocycles. The van der Waals surface area contributed by atoms with Gasteiger partial charge in [-0.25, -0.2) is 8.42 Å². The number of piperidine rings is 1. The van der Waals surface area contributed by atoms with Crippen molar-refractivity contribution >= 4 is 15.8 Å². The van der Waals surface area contributed by atoms with Crippen molar-refractivity contribution in [3.8, 4) is 0 Å². The molecule has 5 nitrogen and oxygen atoms in total. The second-order valence-electron chi connectivity index (χ2n) is 6.33. The molecule has 1 heterocycles. The molecule has 1 aromatic carbocycles. The van der Waals surface area contributed by atoms with Crippen LogP contribution in [0.1, 0.15) is 24.8 Å². The number of hydrogen-bond acceptors (Lipinski definition) is 3. The first-order chi connectivity index (χ1) is 10.9. The SMILES string of the molecule is CN=C(NCCS(C)(=O)=O)N1CCC(c2ccccc2)C(C)C1. The van der Waals surface area contributed by atoms with E-state index in [2.05, 4.69) is 52.5 Å². The molecular formula is C17H27N3O2S. The van der Waals surface area contributed by atoms with E-state index in [1.165, 1.54) is 11.8 Å². The van der Waals surface area contributed by atoms with E-state index in [4.69, 9.17) is 0 Å². The van der Waals surface area contributed by atoms with Crippen molar-refractivity contribution in [1.82, 2.24) is 10.2 Å². The summed E-state index contributed by atoms with van der Waals surface area (Å²) in [6.45, 7) is 4.53. The number of guanidine groups is 1. The highest BCUT2D eigenvalue weighted by Crippen LogP contribution is 2.32. The fourth-order valence-corrected chi connectivity index (χ4v) is 3.69. The number of likely N-dealkylation sites (tertiary alicyclic amines) is 1. The maximum Gasteiger partial charge on any atom is 0.193 e. The lowest BCUT2D eigenvalue weighted by atomic mass is 9.82. The molecule has 0 aromatic heterocycles. The van der Waals surface area contributed by atoms with Crippen LogP contribution < -0.4 is 5.32 Å². The summed E-state index contributed by atoms with van der Waals surface area (Å²) < 4.78 is 22.5. The van der Waals surface area contributed by atoms with Crippen LogP contribution in [0.4, 0.5) is 0 Å². The van der Waals surface area contributed by atoms with Crippen LogP contribution in [0.3, 0.4) is 0 Å². The van der Waals surface area contributed by atoms with Gasteiger partial charge in [-0.15, -0.1) is 0 Å². The minimum atomic E-state index is -2.95. The molecule has 1 saturated heterocycles. The van der Waals surface area contributed by atoms with Gasteiger partial charge in [0.15, 0.2) is 5.96 Å². The Bertz CT molecular complexity index is 628. The molecule has 1 aliphatic rings. The van der Waals surface area contributed by atoms with Crippen molar-refractivity contribution < 1.29 is 8.42 Å². The van der Waals surface area contributed by atoms with Crippen LogP contribution in [0, 0.1) is 5.92 Å². The van der Waals surface area contributed by atoms with E-state index in [0.29, 0.717) is 18.4 Å². The van der Waals surface area contributed by atoms with E-state index >= 15 is 0 Å². The molecule has 1 fully saturated rings.